The molecule has 0 saturated carbocycles. The van der Waals surface area contributed by atoms with Crippen LogP contribution in [0, 0.1) is 6.92 Å². The number of anilines is 1. The van der Waals surface area contributed by atoms with E-state index in [1.807, 2.05) is 0 Å². The van der Waals surface area contributed by atoms with Crippen LogP contribution in [0.2, 0.25) is 0 Å². The molecule has 8 heteroatoms. The highest BCUT2D eigenvalue weighted by Gasteiger charge is 2.18. The van der Waals surface area contributed by atoms with Crippen molar-refractivity contribution in [1.29, 1.82) is 0 Å². The van der Waals surface area contributed by atoms with Gasteiger partial charge in [0.1, 0.15) is 17.8 Å². The maximum absolute atomic E-state index is 12.7. The molecule has 154 valence electrons. The zero-order valence-corrected chi connectivity index (χ0v) is 16.9. The summed E-state index contributed by atoms with van der Waals surface area (Å²) in [6.45, 7) is 4.78. The third-order valence-corrected chi connectivity index (χ3v) is 4.42. The largest absolute Gasteiger partial charge is 0.462 e. The molecule has 2 aromatic heterocycles. The lowest BCUT2D eigenvalue weighted by Crippen LogP contribution is -2.25. The van der Waals surface area contributed by atoms with Crippen LogP contribution in [0.5, 0.6) is 0 Å². The van der Waals surface area contributed by atoms with Crippen molar-refractivity contribution in [3.05, 3.63) is 69.6 Å². The molecule has 30 heavy (non-hydrogen) atoms. The van der Waals surface area contributed by atoms with Gasteiger partial charge >= 0.3 is 5.97 Å². The van der Waals surface area contributed by atoms with Crippen LogP contribution >= 0.6 is 0 Å². The Bertz CT molecular complexity index is 1210. The van der Waals surface area contributed by atoms with Gasteiger partial charge in [-0.25, -0.2) is 9.78 Å². The van der Waals surface area contributed by atoms with E-state index in [1.54, 1.807) is 50.2 Å². The fraction of sp³-hybridized carbons (Fsp3) is 0.227. The molecule has 2 heterocycles. The molecule has 3 aromatic rings. The third-order valence-electron chi connectivity index (χ3n) is 4.42. The normalized spacial score (nSPS) is 10.6. The van der Waals surface area contributed by atoms with E-state index < -0.39 is 17.3 Å². The van der Waals surface area contributed by atoms with Crippen LogP contribution in [-0.4, -0.2) is 33.8 Å². The van der Waals surface area contributed by atoms with Crippen LogP contribution in [-0.2, 0) is 16.1 Å². The molecule has 1 aromatic carbocycles. The number of aromatic nitrogens is 2. The van der Waals surface area contributed by atoms with E-state index in [2.05, 4.69) is 10.3 Å². The van der Waals surface area contributed by atoms with Gasteiger partial charge < -0.3 is 14.6 Å². The average Bonchev–Trinajstić information content (AvgIpc) is 2.70. The number of hydrogen-bond acceptors (Lipinski definition) is 6. The predicted octanol–water partition coefficient (Wildman–Crippen LogP) is 2.72. The van der Waals surface area contributed by atoms with Gasteiger partial charge in [-0.2, -0.15) is 0 Å². The number of hydrogen-bond donors (Lipinski definition) is 1. The molecule has 0 aliphatic rings. The van der Waals surface area contributed by atoms with Crippen molar-refractivity contribution >= 4 is 34.4 Å². The maximum atomic E-state index is 12.7. The molecular formula is C22H21N3O5. The SMILES string of the molecule is CCOC(=O)c1cn(CC(=O)Nc2cccc(C(C)=O)c2)c2nc(C)ccc2c1=O. The number of aryl methyl sites for hydroxylation is 1. The quantitative estimate of drug-likeness (QED) is 0.497. The summed E-state index contributed by atoms with van der Waals surface area (Å²) in [4.78, 5) is 53.5. The van der Waals surface area contributed by atoms with Crippen molar-refractivity contribution in [3.8, 4) is 0 Å². The molecule has 0 radical (unpaired) electrons. The molecule has 0 spiro atoms. The molecule has 0 unspecified atom stereocenters. The van der Waals surface area contributed by atoms with E-state index in [9.17, 15) is 19.2 Å². The second-order valence-electron chi connectivity index (χ2n) is 6.73. The molecule has 1 amide bonds. The zero-order valence-electron chi connectivity index (χ0n) is 16.9. The number of amides is 1. The Morgan fingerprint density at radius 2 is 1.93 bits per heavy atom. The van der Waals surface area contributed by atoms with E-state index in [-0.39, 0.29) is 29.9 Å². The van der Waals surface area contributed by atoms with Crippen LogP contribution in [0.1, 0.15) is 40.3 Å². The fourth-order valence-electron chi connectivity index (χ4n) is 3.01. The van der Waals surface area contributed by atoms with Gasteiger partial charge in [0, 0.05) is 23.1 Å². The summed E-state index contributed by atoms with van der Waals surface area (Å²) in [6, 6.07) is 9.82. The standard InChI is InChI=1S/C22H21N3O5/c1-4-30-22(29)18-11-25(21-17(20(18)28)9-8-13(2)23-21)12-19(27)24-16-7-5-6-15(10-16)14(3)26/h5-11H,4,12H2,1-3H3,(H,24,27). The minimum atomic E-state index is -0.756. The highest BCUT2D eigenvalue weighted by atomic mass is 16.5. The average molecular weight is 407 g/mol. The first kappa shape index (κ1) is 20.9. The van der Waals surface area contributed by atoms with Gasteiger partial charge in [-0.15, -0.1) is 0 Å². The van der Waals surface area contributed by atoms with Crippen LogP contribution in [0.15, 0.2) is 47.4 Å². The van der Waals surface area contributed by atoms with Crippen molar-refractivity contribution in [2.45, 2.75) is 27.3 Å². The number of ether oxygens (including phenoxy) is 1. The number of rotatable bonds is 6. The summed E-state index contributed by atoms with van der Waals surface area (Å²) in [5, 5.41) is 2.94. The lowest BCUT2D eigenvalue weighted by atomic mass is 10.1. The van der Waals surface area contributed by atoms with Crippen molar-refractivity contribution in [1.82, 2.24) is 9.55 Å². The Morgan fingerprint density at radius 1 is 1.17 bits per heavy atom. The van der Waals surface area contributed by atoms with Gasteiger partial charge in [0.05, 0.1) is 12.0 Å². The number of Topliss-reactive ketones (excluding diaryl/α,β-unsaturated/α-hetero) is 1. The summed E-state index contributed by atoms with van der Waals surface area (Å²) in [5.41, 5.74) is 1.23. The Morgan fingerprint density at radius 3 is 2.63 bits per heavy atom. The van der Waals surface area contributed by atoms with E-state index in [4.69, 9.17) is 4.74 Å². The van der Waals surface area contributed by atoms with Gasteiger partial charge in [0.2, 0.25) is 11.3 Å². The van der Waals surface area contributed by atoms with E-state index in [0.717, 1.165) is 0 Å². The Kier molecular flexibility index (Phi) is 6.06. The van der Waals surface area contributed by atoms with Crippen LogP contribution in [0.25, 0.3) is 11.0 Å². The summed E-state index contributed by atoms with van der Waals surface area (Å²) in [7, 11) is 0. The monoisotopic (exact) mass is 407 g/mol. The van der Waals surface area contributed by atoms with E-state index in [1.165, 1.54) is 17.7 Å². The number of carbonyl (C=O) groups is 3. The number of ketones is 1. The minimum Gasteiger partial charge on any atom is -0.462 e. The van der Waals surface area contributed by atoms with Crippen molar-refractivity contribution in [3.63, 3.8) is 0 Å². The first-order valence-electron chi connectivity index (χ1n) is 9.39. The lowest BCUT2D eigenvalue weighted by Gasteiger charge is -2.13. The van der Waals surface area contributed by atoms with Gasteiger partial charge in [-0.05, 0) is 45.0 Å². The molecule has 3 rings (SSSR count). The van der Waals surface area contributed by atoms with Crippen molar-refractivity contribution in [2.75, 3.05) is 11.9 Å². The smallest absolute Gasteiger partial charge is 0.343 e. The Hall–Kier alpha value is -3.81. The molecule has 0 fully saturated rings. The number of benzene rings is 1. The Balaban J connectivity index is 1.99. The predicted molar refractivity (Wildman–Crippen MR) is 112 cm³/mol. The first-order chi connectivity index (χ1) is 14.3. The Labute approximate surface area is 172 Å². The van der Waals surface area contributed by atoms with E-state index in [0.29, 0.717) is 22.6 Å². The third kappa shape index (κ3) is 4.43. The van der Waals surface area contributed by atoms with Crippen LogP contribution in [0.4, 0.5) is 5.69 Å². The summed E-state index contributed by atoms with van der Waals surface area (Å²) in [5.74, 6) is -1.27. The van der Waals surface area contributed by atoms with Crippen molar-refractivity contribution in [2.24, 2.45) is 0 Å². The number of nitrogens with zero attached hydrogens (tertiary/aromatic N) is 2. The lowest BCUT2D eigenvalue weighted by molar-refractivity contribution is -0.116. The van der Waals surface area contributed by atoms with Gasteiger partial charge in [-0.1, -0.05) is 12.1 Å². The fourth-order valence-corrected chi connectivity index (χ4v) is 3.01. The number of nitrogens with one attached hydrogen (secondary N) is 1. The second kappa shape index (κ2) is 8.69. The summed E-state index contributed by atoms with van der Waals surface area (Å²) in [6.07, 6.45) is 1.29. The summed E-state index contributed by atoms with van der Waals surface area (Å²) < 4.78 is 6.41. The number of fused-ring (bicyclic) bond motifs is 1. The molecule has 1 N–H and O–H groups in total. The van der Waals surface area contributed by atoms with Crippen molar-refractivity contribution < 1.29 is 19.1 Å². The van der Waals surface area contributed by atoms with E-state index >= 15 is 0 Å². The van der Waals surface area contributed by atoms with Crippen LogP contribution < -0.4 is 10.7 Å². The zero-order chi connectivity index (χ0) is 21.8. The van der Waals surface area contributed by atoms with Gasteiger partial charge in [0.25, 0.3) is 0 Å². The molecule has 8 nitrogen and oxygen atoms in total. The topological polar surface area (TPSA) is 107 Å². The number of pyridine rings is 2. The maximum Gasteiger partial charge on any atom is 0.343 e. The highest BCUT2D eigenvalue weighted by molar-refractivity contribution is 5.97. The number of esters is 1. The molecular weight excluding hydrogens is 386 g/mol. The molecule has 0 bridgehead atoms. The van der Waals surface area contributed by atoms with Gasteiger partial charge in [-0.3, -0.25) is 14.4 Å². The van der Waals surface area contributed by atoms with Crippen LogP contribution in [0.3, 0.4) is 0 Å². The molecule has 0 atom stereocenters. The first-order valence-corrected chi connectivity index (χ1v) is 9.39. The summed E-state index contributed by atoms with van der Waals surface area (Å²) >= 11 is 0. The second-order valence-corrected chi connectivity index (χ2v) is 6.73. The molecule has 0 aliphatic carbocycles. The van der Waals surface area contributed by atoms with Gasteiger partial charge in [0.15, 0.2) is 5.78 Å². The number of carbonyl (C=O) groups excluding carboxylic acids is 3. The highest BCUT2D eigenvalue weighted by Crippen LogP contribution is 2.14. The minimum absolute atomic E-state index is 0.115. The molecule has 0 saturated heterocycles. The molecule has 0 aliphatic heterocycles.